The first-order valence-electron chi connectivity index (χ1n) is 9.76. The third-order valence-corrected chi connectivity index (χ3v) is 3.90. The molecule has 31 heavy (non-hydrogen) atoms. The van der Waals surface area contributed by atoms with Crippen LogP contribution in [0.4, 0.5) is 11.4 Å². The number of benzene rings is 2. The molecule has 0 saturated heterocycles. The number of nitrogens with zero attached hydrogens (tertiary/aromatic N) is 2. The van der Waals surface area contributed by atoms with Crippen molar-refractivity contribution >= 4 is 11.4 Å². The average Bonchev–Trinajstić information content (AvgIpc) is 3.48. The van der Waals surface area contributed by atoms with Crippen LogP contribution in [0.1, 0.15) is 12.8 Å². The third-order valence-electron chi connectivity index (χ3n) is 3.90. The van der Waals surface area contributed by atoms with Gasteiger partial charge in [0.05, 0.1) is 0 Å². The smallest absolute Gasteiger partial charge is 0.508 e. The van der Waals surface area contributed by atoms with E-state index in [0.717, 1.165) is 24.2 Å². The molecule has 4 rings (SSSR count). The van der Waals surface area contributed by atoms with Crippen LogP contribution in [0.15, 0.2) is 85.0 Å². The van der Waals surface area contributed by atoms with Crippen LogP contribution in [0.2, 0.25) is 0 Å². The Hall–Kier alpha value is -2.52. The fourth-order valence-corrected chi connectivity index (χ4v) is 2.18. The summed E-state index contributed by atoms with van der Waals surface area (Å²) in [4.78, 5) is 3.97. The van der Waals surface area contributed by atoms with E-state index in [2.05, 4.69) is 24.3 Å². The Morgan fingerprint density at radius 1 is 0.613 bits per heavy atom. The maximum atomic E-state index is 8.92. The molecule has 0 saturated carbocycles. The Morgan fingerprint density at radius 3 is 1.10 bits per heavy atom. The molecule has 2 aromatic rings. The monoisotopic (exact) mass is 494 g/mol. The zero-order valence-electron chi connectivity index (χ0n) is 18.8. The van der Waals surface area contributed by atoms with E-state index < -0.39 is 0 Å². The second-order valence-electron chi connectivity index (χ2n) is 6.83. The first-order chi connectivity index (χ1) is 14.4. The minimum atomic E-state index is 0. The molecule has 0 fully saturated rings. The van der Waals surface area contributed by atoms with Gasteiger partial charge in [-0.15, -0.1) is 12.8 Å². The van der Waals surface area contributed by atoms with Crippen molar-refractivity contribution in [3.8, 4) is 11.5 Å². The molecule has 0 bridgehead atoms. The van der Waals surface area contributed by atoms with E-state index in [-0.39, 0.29) is 26.2 Å². The summed E-state index contributed by atoms with van der Waals surface area (Å²) in [5.41, 5.74) is 2.19. The number of hydrogen-bond acceptors (Lipinski definition) is 4. The zero-order valence-corrected chi connectivity index (χ0v) is 21.2. The van der Waals surface area contributed by atoms with E-state index in [0.29, 0.717) is 11.5 Å². The van der Waals surface area contributed by atoms with Crippen LogP contribution in [-0.2, 0) is 26.2 Å². The summed E-state index contributed by atoms with van der Waals surface area (Å²) in [5.74, 6) is 0.621. The molecule has 0 aromatic heterocycles. The van der Waals surface area contributed by atoms with Crippen LogP contribution in [0.3, 0.4) is 0 Å². The van der Waals surface area contributed by atoms with E-state index in [4.69, 9.17) is 10.2 Å². The van der Waals surface area contributed by atoms with Crippen LogP contribution in [-0.4, -0.2) is 38.4 Å². The summed E-state index contributed by atoms with van der Waals surface area (Å²) in [6.07, 6.45) is 20.0. The first-order valence-corrected chi connectivity index (χ1v) is 9.76. The average molecular weight is 496 g/mol. The van der Waals surface area contributed by atoms with Crippen LogP contribution >= 0.6 is 0 Å². The predicted octanol–water partition coefficient (Wildman–Crippen LogP) is 5.53. The fraction of sp³-hybridized carbons (Fsp3) is 0.231. The molecule has 0 spiro atoms. The number of phenols is 2. The van der Waals surface area contributed by atoms with E-state index in [1.165, 1.54) is 0 Å². The van der Waals surface area contributed by atoms with Gasteiger partial charge in [-0.2, -0.15) is 12.2 Å². The molecule has 5 heteroatoms. The number of phenolic OH excluding ortho intramolecular Hbond substituents is 2. The van der Waals surface area contributed by atoms with Gasteiger partial charge >= 0.3 is 26.2 Å². The number of rotatable bonds is 2. The van der Waals surface area contributed by atoms with E-state index in [1.807, 2.05) is 86.6 Å². The number of aromatic hydroxyl groups is 2. The summed E-state index contributed by atoms with van der Waals surface area (Å²) < 4.78 is 0. The van der Waals surface area contributed by atoms with E-state index in [1.54, 1.807) is 24.3 Å². The Labute approximate surface area is 206 Å². The van der Waals surface area contributed by atoms with Crippen molar-refractivity contribution in [2.45, 2.75) is 12.8 Å². The SMILES string of the molecule is CN(C)c1ccc(O)cc1.CN(C)c1ccc(O)cc1.[C-]1=CC=CC1.[C-]1=CC=CC1.[Zr+2]. The van der Waals surface area contributed by atoms with Gasteiger partial charge < -0.3 is 20.0 Å². The maximum Gasteiger partial charge on any atom is 2.00 e. The molecule has 162 valence electrons. The molecule has 0 aliphatic heterocycles. The molecule has 4 nitrogen and oxygen atoms in total. The Bertz CT molecular complexity index is 730. The second kappa shape index (κ2) is 17.2. The normalized spacial score (nSPS) is 11.7. The second-order valence-corrected chi connectivity index (χ2v) is 6.83. The summed E-state index contributed by atoms with van der Waals surface area (Å²) in [7, 11) is 7.86. The molecule has 0 unspecified atom stereocenters. The number of anilines is 2. The van der Waals surface area contributed by atoms with Gasteiger partial charge in [0, 0.05) is 39.6 Å². The first kappa shape index (κ1) is 28.5. The molecular weight excluding hydrogens is 464 g/mol. The van der Waals surface area contributed by atoms with Crippen molar-refractivity contribution in [3.63, 3.8) is 0 Å². The molecule has 0 atom stereocenters. The van der Waals surface area contributed by atoms with Gasteiger partial charge in [0.2, 0.25) is 0 Å². The summed E-state index contributed by atoms with van der Waals surface area (Å²) in [6, 6.07) is 14.2. The van der Waals surface area contributed by atoms with Crippen molar-refractivity contribution in [2.75, 3.05) is 38.0 Å². The quantitative estimate of drug-likeness (QED) is 0.538. The summed E-state index contributed by atoms with van der Waals surface area (Å²) >= 11 is 0. The van der Waals surface area contributed by atoms with Crippen LogP contribution in [0.25, 0.3) is 0 Å². The summed E-state index contributed by atoms with van der Waals surface area (Å²) in [5, 5.41) is 17.8. The van der Waals surface area contributed by atoms with Gasteiger partial charge in [0.1, 0.15) is 11.5 Å². The Balaban J connectivity index is 0.000000401. The molecule has 2 aliphatic rings. The third kappa shape index (κ3) is 14.2. The van der Waals surface area contributed by atoms with Gasteiger partial charge in [-0.25, -0.2) is 24.3 Å². The minimum absolute atomic E-state index is 0. The van der Waals surface area contributed by atoms with Crippen molar-refractivity contribution < 1.29 is 36.4 Å². The molecule has 2 aromatic carbocycles. The Kier molecular flexibility index (Phi) is 15.8. The summed E-state index contributed by atoms with van der Waals surface area (Å²) in [6.45, 7) is 0. The molecule has 2 N–H and O–H groups in total. The van der Waals surface area contributed by atoms with E-state index in [9.17, 15) is 0 Å². The van der Waals surface area contributed by atoms with Gasteiger partial charge in [0.15, 0.2) is 0 Å². The van der Waals surface area contributed by atoms with Gasteiger partial charge in [-0.05, 0) is 48.5 Å². The molecule has 0 radical (unpaired) electrons. The number of hydrogen-bond donors (Lipinski definition) is 2. The predicted molar refractivity (Wildman–Crippen MR) is 128 cm³/mol. The zero-order chi connectivity index (χ0) is 22.2. The molecule has 0 heterocycles. The number of allylic oxidation sites excluding steroid dienone is 8. The largest absolute Gasteiger partial charge is 2.00 e. The molecule has 0 amide bonds. The Morgan fingerprint density at radius 2 is 0.935 bits per heavy atom. The van der Waals surface area contributed by atoms with Crippen molar-refractivity contribution in [1.29, 1.82) is 0 Å². The van der Waals surface area contributed by atoms with Gasteiger partial charge in [-0.1, -0.05) is 0 Å². The molecular formula is C26H32N2O2Zr. The maximum absolute atomic E-state index is 8.92. The minimum Gasteiger partial charge on any atom is -0.508 e. The van der Waals surface area contributed by atoms with Crippen molar-refractivity contribution in [2.24, 2.45) is 0 Å². The van der Waals surface area contributed by atoms with Gasteiger partial charge in [0.25, 0.3) is 0 Å². The fourth-order valence-electron chi connectivity index (χ4n) is 2.18. The topological polar surface area (TPSA) is 46.9 Å². The standard InChI is InChI=1S/2C8H11NO.2C5H5.Zr/c2*1-9(2)7-3-5-8(10)6-4-7;2*1-2-4-5-3-1;/h2*3-6,10H,1-2H3;2*1-3H,4H2;/q;;2*-1;+2. The van der Waals surface area contributed by atoms with Crippen molar-refractivity contribution in [1.82, 2.24) is 0 Å². The molecule has 2 aliphatic carbocycles. The van der Waals surface area contributed by atoms with Crippen LogP contribution in [0, 0.1) is 12.2 Å². The van der Waals surface area contributed by atoms with E-state index >= 15 is 0 Å². The van der Waals surface area contributed by atoms with Crippen LogP contribution in [0.5, 0.6) is 11.5 Å². The van der Waals surface area contributed by atoms with Crippen LogP contribution < -0.4 is 9.80 Å². The van der Waals surface area contributed by atoms with Gasteiger partial charge in [-0.3, -0.25) is 12.2 Å². The van der Waals surface area contributed by atoms with Crippen molar-refractivity contribution in [3.05, 3.63) is 97.1 Å².